The molecule has 0 saturated carbocycles. The highest BCUT2D eigenvalue weighted by atomic mass is 79.9. The molecule has 0 radical (unpaired) electrons. The predicted octanol–water partition coefficient (Wildman–Crippen LogP) is 3.44. The molecule has 1 heterocycles. The van der Waals surface area contributed by atoms with Gasteiger partial charge in [0.05, 0.1) is 4.47 Å². The van der Waals surface area contributed by atoms with Crippen LogP contribution in [0.1, 0.15) is 24.5 Å². The number of hydrogen-bond donors (Lipinski definition) is 2. The van der Waals surface area contributed by atoms with Crippen molar-refractivity contribution in [2.24, 2.45) is 0 Å². The summed E-state index contributed by atoms with van der Waals surface area (Å²) in [4.78, 5) is 12.8. The van der Waals surface area contributed by atoms with Crippen LogP contribution in [0.4, 0.5) is 0 Å². The number of benzene rings is 2. The number of ether oxygens (including phenoxy) is 1. The number of carbonyl (C=O) groups excluding carboxylic acids is 1. The van der Waals surface area contributed by atoms with Crippen molar-refractivity contribution in [3.8, 4) is 5.75 Å². The fraction of sp³-hybridized carbons (Fsp3) is 0.316. The second-order valence-corrected chi connectivity index (χ2v) is 6.75. The van der Waals surface area contributed by atoms with Crippen molar-refractivity contribution in [3.63, 3.8) is 0 Å². The van der Waals surface area contributed by atoms with Crippen LogP contribution in [0.5, 0.6) is 5.75 Å². The van der Waals surface area contributed by atoms with E-state index in [4.69, 9.17) is 4.74 Å². The zero-order valence-corrected chi connectivity index (χ0v) is 15.0. The molecule has 2 atom stereocenters. The summed E-state index contributed by atoms with van der Waals surface area (Å²) >= 11 is 3.48. The third kappa shape index (κ3) is 4.36. The van der Waals surface area contributed by atoms with Crippen molar-refractivity contribution in [1.29, 1.82) is 0 Å². The molecule has 24 heavy (non-hydrogen) atoms. The van der Waals surface area contributed by atoms with E-state index in [-0.39, 0.29) is 11.9 Å². The Bertz CT molecular complexity index is 672. The van der Waals surface area contributed by atoms with E-state index in [0.29, 0.717) is 5.75 Å². The summed E-state index contributed by atoms with van der Waals surface area (Å²) in [6, 6.07) is 17.3. The lowest BCUT2D eigenvalue weighted by Crippen LogP contribution is -2.47. The largest absolute Gasteiger partial charge is 0.475 e. The topological polar surface area (TPSA) is 50.4 Å². The van der Waals surface area contributed by atoms with Crippen molar-refractivity contribution in [2.45, 2.75) is 25.0 Å². The molecule has 2 aromatic rings. The van der Waals surface area contributed by atoms with Gasteiger partial charge in [0.25, 0.3) is 5.91 Å². The number of halogens is 1. The van der Waals surface area contributed by atoms with Crippen LogP contribution in [-0.2, 0) is 4.79 Å². The third-order valence-corrected chi connectivity index (χ3v) is 4.72. The van der Waals surface area contributed by atoms with Crippen LogP contribution in [0.25, 0.3) is 0 Å². The van der Waals surface area contributed by atoms with Crippen LogP contribution >= 0.6 is 15.9 Å². The SMILES string of the molecule is O=C(N[C@H]1CCCNC1)C(Oc1ccccc1Br)c1ccccc1. The molecule has 2 N–H and O–H groups in total. The molecule has 3 rings (SSSR count). The van der Waals surface area contributed by atoms with E-state index in [1.807, 2.05) is 54.6 Å². The van der Waals surface area contributed by atoms with Crippen LogP contribution in [0.15, 0.2) is 59.1 Å². The van der Waals surface area contributed by atoms with E-state index in [9.17, 15) is 4.79 Å². The zero-order valence-electron chi connectivity index (χ0n) is 13.4. The van der Waals surface area contributed by atoms with Crippen molar-refractivity contribution in [3.05, 3.63) is 64.6 Å². The minimum absolute atomic E-state index is 0.106. The van der Waals surface area contributed by atoms with Crippen LogP contribution in [-0.4, -0.2) is 25.0 Å². The van der Waals surface area contributed by atoms with Gasteiger partial charge >= 0.3 is 0 Å². The maximum Gasteiger partial charge on any atom is 0.266 e. The maximum atomic E-state index is 12.8. The van der Waals surface area contributed by atoms with E-state index in [1.165, 1.54) is 0 Å². The average molecular weight is 389 g/mol. The van der Waals surface area contributed by atoms with Gasteiger partial charge in [-0.2, -0.15) is 0 Å². The molecule has 1 fully saturated rings. The van der Waals surface area contributed by atoms with Crippen molar-refractivity contribution in [1.82, 2.24) is 10.6 Å². The molecule has 0 bridgehead atoms. The third-order valence-electron chi connectivity index (χ3n) is 4.07. The Morgan fingerprint density at radius 3 is 2.62 bits per heavy atom. The van der Waals surface area contributed by atoms with Crippen molar-refractivity contribution >= 4 is 21.8 Å². The number of piperidine rings is 1. The van der Waals surface area contributed by atoms with E-state index in [1.54, 1.807) is 0 Å². The highest BCUT2D eigenvalue weighted by Crippen LogP contribution is 2.29. The normalized spacial score (nSPS) is 18.6. The molecule has 5 heteroatoms. The fourth-order valence-electron chi connectivity index (χ4n) is 2.82. The van der Waals surface area contributed by atoms with E-state index < -0.39 is 6.10 Å². The van der Waals surface area contributed by atoms with Crippen LogP contribution < -0.4 is 15.4 Å². The van der Waals surface area contributed by atoms with Gasteiger partial charge in [-0.05, 0) is 47.4 Å². The van der Waals surface area contributed by atoms with Gasteiger partial charge in [-0.15, -0.1) is 0 Å². The second kappa shape index (κ2) is 8.31. The molecule has 126 valence electrons. The summed E-state index contributed by atoms with van der Waals surface area (Å²) in [5, 5.41) is 6.43. The Morgan fingerprint density at radius 1 is 1.17 bits per heavy atom. The number of amides is 1. The molecule has 1 saturated heterocycles. The first-order valence-corrected chi connectivity index (χ1v) is 9.00. The van der Waals surface area contributed by atoms with Gasteiger partial charge in [-0.3, -0.25) is 4.79 Å². The Labute approximate surface area is 150 Å². The second-order valence-electron chi connectivity index (χ2n) is 5.89. The molecule has 0 spiro atoms. The van der Waals surface area contributed by atoms with E-state index in [0.717, 1.165) is 36.0 Å². The average Bonchev–Trinajstić information content (AvgIpc) is 2.62. The molecule has 4 nitrogen and oxygen atoms in total. The molecule has 1 amide bonds. The summed E-state index contributed by atoms with van der Waals surface area (Å²) in [5.41, 5.74) is 0.842. The lowest BCUT2D eigenvalue weighted by atomic mass is 10.1. The molecule has 1 aliphatic heterocycles. The van der Waals surface area contributed by atoms with Gasteiger partial charge in [-0.25, -0.2) is 0 Å². The quantitative estimate of drug-likeness (QED) is 0.824. The number of para-hydroxylation sites is 1. The van der Waals surface area contributed by atoms with Gasteiger partial charge in [0, 0.05) is 18.2 Å². The minimum Gasteiger partial charge on any atom is -0.475 e. The monoisotopic (exact) mass is 388 g/mol. The van der Waals surface area contributed by atoms with Crippen LogP contribution in [0, 0.1) is 0 Å². The fourth-order valence-corrected chi connectivity index (χ4v) is 3.20. The van der Waals surface area contributed by atoms with Crippen molar-refractivity contribution in [2.75, 3.05) is 13.1 Å². The Hall–Kier alpha value is -1.85. The molecular formula is C19H21BrN2O2. The first kappa shape index (κ1) is 17.0. The van der Waals surface area contributed by atoms with Crippen LogP contribution in [0.2, 0.25) is 0 Å². The summed E-state index contributed by atoms with van der Waals surface area (Å²) in [5.74, 6) is 0.550. The Balaban J connectivity index is 1.79. The molecule has 1 unspecified atom stereocenters. The van der Waals surface area contributed by atoms with Crippen molar-refractivity contribution < 1.29 is 9.53 Å². The van der Waals surface area contributed by atoms with E-state index >= 15 is 0 Å². The maximum absolute atomic E-state index is 12.8. The predicted molar refractivity (Wildman–Crippen MR) is 98.0 cm³/mol. The smallest absolute Gasteiger partial charge is 0.266 e. The summed E-state index contributed by atoms with van der Waals surface area (Å²) in [7, 11) is 0. The molecule has 0 aliphatic carbocycles. The Morgan fingerprint density at radius 2 is 1.92 bits per heavy atom. The summed E-state index contributed by atoms with van der Waals surface area (Å²) < 4.78 is 6.89. The standard InChI is InChI=1S/C19H21BrN2O2/c20-16-10-4-5-11-17(16)24-18(14-7-2-1-3-8-14)19(23)22-15-9-6-12-21-13-15/h1-5,7-8,10-11,15,18,21H,6,9,12-13H2,(H,22,23)/t15-,18?/m0/s1. The van der Waals surface area contributed by atoms with Gasteiger partial charge in [0.15, 0.2) is 0 Å². The number of hydrogen-bond acceptors (Lipinski definition) is 3. The minimum atomic E-state index is -0.674. The number of carbonyl (C=O) groups is 1. The summed E-state index contributed by atoms with van der Waals surface area (Å²) in [6.07, 6.45) is 1.40. The number of rotatable bonds is 5. The highest BCUT2D eigenvalue weighted by Gasteiger charge is 2.26. The molecular weight excluding hydrogens is 368 g/mol. The van der Waals surface area contributed by atoms with Gasteiger partial charge in [0.2, 0.25) is 6.10 Å². The molecule has 1 aliphatic rings. The first-order valence-electron chi connectivity index (χ1n) is 8.21. The molecule has 0 aromatic heterocycles. The highest BCUT2D eigenvalue weighted by molar-refractivity contribution is 9.10. The van der Waals surface area contributed by atoms with Gasteiger partial charge in [0.1, 0.15) is 5.75 Å². The van der Waals surface area contributed by atoms with E-state index in [2.05, 4.69) is 26.6 Å². The number of nitrogens with one attached hydrogen (secondary N) is 2. The Kier molecular flexibility index (Phi) is 5.88. The molecule has 2 aromatic carbocycles. The zero-order chi connectivity index (χ0) is 16.8. The van der Waals surface area contributed by atoms with Crippen LogP contribution in [0.3, 0.4) is 0 Å². The van der Waals surface area contributed by atoms with Gasteiger partial charge < -0.3 is 15.4 Å². The summed E-state index contributed by atoms with van der Waals surface area (Å²) in [6.45, 7) is 1.82. The van der Waals surface area contributed by atoms with Gasteiger partial charge in [-0.1, -0.05) is 42.5 Å². The lowest BCUT2D eigenvalue weighted by Gasteiger charge is -2.27. The lowest BCUT2D eigenvalue weighted by molar-refractivity contribution is -0.129. The first-order chi connectivity index (χ1) is 11.7.